The van der Waals surface area contributed by atoms with Gasteiger partial charge in [-0.3, -0.25) is 15.0 Å². The van der Waals surface area contributed by atoms with E-state index in [0.717, 1.165) is 5.56 Å². The third-order valence-corrected chi connectivity index (χ3v) is 3.43. The molecule has 23 heavy (non-hydrogen) atoms. The normalized spacial score (nSPS) is 11.7. The second kappa shape index (κ2) is 9.66. The summed E-state index contributed by atoms with van der Waals surface area (Å²) >= 11 is 0. The number of hydrogen-bond donors (Lipinski definition) is 2. The van der Waals surface area contributed by atoms with Crippen LogP contribution < -0.4 is 10.9 Å². The number of hydrogen-bond acceptors (Lipinski definition) is 4. The van der Waals surface area contributed by atoms with Gasteiger partial charge < -0.3 is 10.2 Å². The fourth-order valence-electron chi connectivity index (χ4n) is 2.24. The van der Waals surface area contributed by atoms with Crippen LogP contribution in [0.15, 0.2) is 42.6 Å². The first-order valence-corrected chi connectivity index (χ1v) is 7.89. The summed E-state index contributed by atoms with van der Waals surface area (Å²) in [5, 5.41) is 0. The molecule has 0 saturated carbocycles. The van der Waals surface area contributed by atoms with Crippen molar-refractivity contribution in [2.45, 2.75) is 33.6 Å². The second-order valence-corrected chi connectivity index (χ2v) is 5.66. The van der Waals surface area contributed by atoms with E-state index in [1.807, 2.05) is 44.2 Å². The smallest absolute Gasteiger partial charge is 0.315 e. The fraction of sp³-hybridized carbons (Fsp3) is 0.444. The van der Waals surface area contributed by atoms with Crippen molar-refractivity contribution in [2.75, 3.05) is 6.61 Å². The lowest BCUT2D eigenvalue weighted by atomic mass is 9.93. The van der Waals surface area contributed by atoms with Gasteiger partial charge in [0, 0.05) is 12.1 Å². The van der Waals surface area contributed by atoms with Gasteiger partial charge in [0.1, 0.15) is 0 Å². The van der Waals surface area contributed by atoms with E-state index in [2.05, 4.69) is 17.4 Å². The summed E-state index contributed by atoms with van der Waals surface area (Å²) in [6.07, 6.45) is 1.02. The predicted octanol–water partition coefficient (Wildman–Crippen LogP) is 2.59. The van der Waals surface area contributed by atoms with E-state index in [-0.39, 0.29) is 17.8 Å². The number of amides is 1. The summed E-state index contributed by atoms with van der Waals surface area (Å²) in [6.45, 7) is 9.74. The van der Waals surface area contributed by atoms with Gasteiger partial charge in [0.25, 0.3) is 0 Å². The molecule has 0 aliphatic heterocycles. The van der Waals surface area contributed by atoms with Crippen LogP contribution in [0.1, 0.15) is 32.8 Å². The number of hydrazine groups is 1. The van der Waals surface area contributed by atoms with Crippen molar-refractivity contribution < 1.29 is 14.3 Å². The molecule has 0 aromatic heterocycles. The molecule has 0 aliphatic carbocycles. The van der Waals surface area contributed by atoms with Crippen molar-refractivity contribution in [1.29, 1.82) is 0 Å². The third kappa shape index (κ3) is 6.55. The van der Waals surface area contributed by atoms with Crippen LogP contribution in [0.25, 0.3) is 0 Å². The molecular weight excluding hydrogens is 292 g/mol. The molecule has 0 heterocycles. The van der Waals surface area contributed by atoms with Crippen molar-refractivity contribution >= 4 is 11.9 Å². The molecule has 5 nitrogen and oxygen atoms in total. The molecule has 0 saturated heterocycles. The van der Waals surface area contributed by atoms with E-state index in [1.165, 1.54) is 0 Å². The summed E-state index contributed by atoms with van der Waals surface area (Å²) in [4.78, 5) is 23.8. The number of nitrogens with one attached hydrogen (secondary N) is 2. The van der Waals surface area contributed by atoms with Gasteiger partial charge in [-0.1, -0.05) is 50.8 Å². The van der Waals surface area contributed by atoms with Gasteiger partial charge in [-0.05, 0) is 24.8 Å². The minimum atomic E-state index is -0.496. The molecule has 0 fully saturated rings. The van der Waals surface area contributed by atoms with Gasteiger partial charge in [-0.2, -0.15) is 0 Å². The Kier molecular flexibility index (Phi) is 7.88. The molecule has 0 aliphatic rings. The summed E-state index contributed by atoms with van der Waals surface area (Å²) in [6, 6.07) is 9.79. The molecule has 1 aromatic carbocycles. The van der Waals surface area contributed by atoms with Crippen LogP contribution in [0.5, 0.6) is 0 Å². The maximum atomic E-state index is 11.9. The molecular formula is C18H26N2O3. The van der Waals surface area contributed by atoms with Crippen molar-refractivity contribution in [3.05, 3.63) is 48.2 Å². The van der Waals surface area contributed by atoms with E-state index in [1.54, 1.807) is 6.92 Å². The van der Waals surface area contributed by atoms with E-state index in [4.69, 9.17) is 4.74 Å². The Balaban J connectivity index is 2.43. The fourth-order valence-corrected chi connectivity index (χ4v) is 2.24. The van der Waals surface area contributed by atoms with Gasteiger partial charge in [0.2, 0.25) is 5.91 Å². The average Bonchev–Trinajstić information content (AvgIpc) is 2.52. The van der Waals surface area contributed by atoms with Gasteiger partial charge >= 0.3 is 5.97 Å². The number of benzene rings is 1. The molecule has 0 spiro atoms. The number of carbonyl (C=O) groups excluding carboxylic acids is 2. The lowest BCUT2D eigenvalue weighted by Crippen LogP contribution is -2.41. The minimum Gasteiger partial charge on any atom is -0.465 e. The Morgan fingerprint density at radius 3 is 2.39 bits per heavy atom. The molecule has 0 bridgehead atoms. The van der Waals surface area contributed by atoms with Crippen LogP contribution in [0.2, 0.25) is 0 Å². The van der Waals surface area contributed by atoms with Gasteiger partial charge in [0.15, 0.2) is 0 Å². The Labute approximate surface area is 138 Å². The number of rotatable bonds is 9. The largest absolute Gasteiger partial charge is 0.465 e. The molecule has 0 radical (unpaired) electrons. The highest BCUT2D eigenvalue weighted by Gasteiger charge is 2.26. The first-order valence-electron chi connectivity index (χ1n) is 7.89. The standard InChI is InChI=1S/C18H26N2O3/c1-5-23-18(22)17(13(2)3)14(4)19-20-16(21)12-11-15-9-7-6-8-10-15/h6-10,13,17,19H,4-5,11-12H2,1-3H3,(H,20,21)/t17-/m0/s1. The molecule has 5 heteroatoms. The topological polar surface area (TPSA) is 67.4 Å². The Bertz CT molecular complexity index is 526. The summed E-state index contributed by atoms with van der Waals surface area (Å²) < 4.78 is 5.05. The zero-order valence-corrected chi connectivity index (χ0v) is 14.1. The van der Waals surface area contributed by atoms with Crippen molar-refractivity contribution in [3.63, 3.8) is 0 Å². The summed E-state index contributed by atoms with van der Waals surface area (Å²) in [5.74, 6) is -0.959. The minimum absolute atomic E-state index is 0.0234. The molecule has 1 atom stereocenters. The highest BCUT2D eigenvalue weighted by atomic mass is 16.5. The van der Waals surface area contributed by atoms with Crippen LogP contribution in [-0.2, 0) is 20.7 Å². The van der Waals surface area contributed by atoms with Gasteiger partial charge in [0.05, 0.1) is 12.5 Å². The average molecular weight is 318 g/mol. The summed E-state index contributed by atoms with van der Waals surface area (Å²) in [7, 11) is 0. The van der Waals surface area contributed by atoms with Crippen molar-refractivity contribution in [3.8, 4) is 0 Å². The van der Waals surface area contributed by atoms with Crippen molar-refractivity contribution in [1.82, 2.24) is 10.9 Å². The molecule has 0 unspecified atom stereocenters. The van der Waals surface area contributed by atoms with Crippen LogP contribution in [0.3, 0.4) is 0 Å². The SMILES string of the molecule is C=C(NNC(=O)CCc1ccccc1)[C@@H](C(=O)OCC)C(C)C. The highest BCUT2D eigenvalue weighted by Crippen LogP contribution is 2.18. The quantitative estimate of drug-likeness (QED) is 0.542. The van der Waals surface area contributed by atoms with Crippen LogP contribution in [0.4, 0.5) is 0 Å². The number of esters is 1. The van der Waals surface area contributed by atoms with E-state index >= 15 is 0 Å². The lowest BCUT2D eigenvalue weighted by Gasteiger charge is -2.22. The van der Waals surface area contributed by atoms with Crippen molar-refractivity contribution in [2.24, 2.45) is 11.8 Å². The number of ether oxygens (including phenoxy) is 1. The predicted molar refractivity (Wildman–Crippen MR) is 90.1 cm³/mol. The zero-order chi connectivity index (χ0) is 17.2. The molecule has 1 rings (SSSR count). The maximum absolute atomic E-state index is 11.9. The number of aryl methyl sites for hydroxylation is 1. The molecule has 1 amide bonds. The Morgan fingerprint density at radius 2 is 1.83 bits per heavy atom. The molecule has 2 N–H and O–H groups in total. The van der Waals surface area contributed by atoms with E-state index < -0.39 is 5.92 Å². The Hall–Kier alpha value is -2.30. The lowest BCUT2D eigenvalue weighted by molar-refractivity contribution is -0.148. The number of carbonyl (C=O) groups is 2. The van der Waals surface area contributed by atoms with E-state index in [9.17, 15) is 9.59 Å². The third-order valence-electron chi connectivity index (χ3n) is 3.43. The molecule has 126 valence electrons. The maximum Gasteiger partial charge on any atom is 0.315 e. The summed E-state index contributed by atoms with van der Waals surface area (Å²) in [5.41, 5.74) is 6.87. The van der Waals surface area contributed by atoms with E-state index in [0.29, 0.717) is 25.1 Å². The highest BCUT2D eigenvalue weighted by molar-refractivity contribution is 5.77. The second-order valence-electron chi connectivity index (χ2n) is 5.66. The van der Waals surface area contributed by atoms with Crippen LogP contribution >= 0.6 is 0 Å². The van der Waals surface area contributed by atoms with Crippen LogP contribution in [-0.4, -0.2) is 18.5 Å². The first kappa shape index (κ1) is 18.7. The van der Waals surface area contributed by atoms with Gasteiger partial charge in [-0.25, -0.2) is 0 Å². The molecule has 1 aromatic rings. The first-order chi connectivity index (χ1) is 11.0. The Morgan fingerprint density at radius 1 is 1.17 bits per heavy atom. The van der Waals surface area contributed by atoms with Crippen LogP contribution in [0, 0.1) is 11.8 Å². The van der Waals surface area contributed by atoms with Gasteiger partial charge in [-0.15, -0.1) is 0 Å². The monoisotopic (exact) mass is 318 g/mol. The zero-order valence-electron chi connectivity index (χ0n) is 14.1.